The van der Waals surface area contributed by atoms with Crippen LogP contribution in [-0.2, 0) is 10.0 Å². The van der Waals surface area contributed by atoms with E-state index in [1.165, 1.54) is 0 Å². The lowest BCUT2D eigenvalue weighted by Crippen LogP contribution is -2.32. The molecule has 3 N–H and O–H groups in total. The summed E-state index contributed by atoms with van der Waals surface area (Å²) in [4.78, 5) is 15.5. The Labute approximate surface area is 149 Å². The summed E-state index contributed by atoms with van der Waals surface area (Å²) in [7, 11) is -3.35. The van der Waals surface area contributed by atoms with Gasteiger partial charge in [0, 0.05) is 22.6 Å². The number of anilines is 1. The van der Waals surface area contributed by atoms with Gasteiger partial charge in [0.25, 0.3) is 5.91 Å². The molecule has 6 nitrogen and oxygen atoms in total. The molecule has 138 valence electrons. The topological polar surface area (TPSA) is 91.1 Å². The Morgan fingerprint density at radius 3 is 2.64 bits per heavy atom. The molecule has 0 fully saturated rings. The van der Waals surface area contributed by atoms with E-state index in [9.17, 15) is 13.2 Å². The molecule has 1 heterocycles. The second-order valence-corrected chi connectivity index (χ2v) is 8.28. The predicted molar refractivity (Wildman–Crippen MR) is 103 cm³/mol. The number of H-pyrrole nitrogens is 1. The van der Waals surface area contributed by atoms with Crippen molar-refractivity contribution in [2.75, 3.05) is 10.5 Å². The van der Waals surface area contributed by atoms with E-state index >= 15 is 0 Å². The van der Waals surface area contributed by atoms with Crippen molar-refractivity contribution in [1.82, 2.24) is 10.3 Å². The summed E-state index contributed by atoms with van der Waals surface area (Å²) < 4.78 is 26.7. The summed E-state index contributed by atoms with van der Waals surface area (Å²) in [6.45, 7) is 7.79. The van der Waals surface area contributed by atoms with Crippen molar-refractivity contribution >= 4 is 32.5 Å². The first kappa shape index (κ1) is 19.3. The van der Waals surface area contributed by atoms with Gasteiger partial charge in [0.1, 0.15) is 5.69 Å². The van der Waals surface area contributed by atoms with Crippen LogP contribution in [0.4, 0.5) is 5.69 Å². The normalized spacial score (nSPS) is 13.0. The fourth-order valence-electron chi connectivity index (χ4n) is 2.58. The van der Waals surface area contributed by atoms with E-state index in [0.717, 1.165) is 29.3 Å². The molecule has 25 heavy (non-hydrogen) atoms. The zero-order chi connectivity index (χ0) is 18.6. The van der Waals surface area contributed by atoms with Crippen molar-refractivity contribution < 1.29 is 13.2 Å². The van der Waals surface area contributed by atoms with Crippen LogP contribution in [0.25, 0.3) is 10.9 Å². The number of aromatic amines is 1. The van der Waals surface area contributed by atoms with Gasteiger partial charge in [0.2, 0.25) is 10.0 Å². The number of benzene rings is 1. The molecule has 2 aromatic rings. The van der Waals surface area contributed by atoms with Gasteiger partial charge in [-0.25, -0.2) is 8.42 Å². The minimum absolute atomic E-state index is 0.0965. The standard InChI is InChI=1S/C18H27N3O3S/c1-5-7-10-25(23,24)21-14-8-9-16-15(11-14)13(4)17(20-16)18(22)19-12(3)6-2/h8-9,11-12,20-21H,5-7,10H2,1-4H3,(H,19,22). The first-order valence-electron chi connectivity index (χ1n) is 8.71. The average molecular weight is 365 g/mol. The van der Waals surface area contributed by atoms with Gasteiger partial charge < -0.3 is 10.3 Å². The van der Waals surface area contributed by atoms with Crippen molar-refractivity contribution in [2.24, 2.45) is 0 Å². The highest BCUT2D eigenvalue weighted by atomic mass is 32.2. The third-order valence-electron chi connectivity index (χ3n) is 4.32. The monoisotopic (exact) mass is 365 g/mol. The Hall–Kier alpha value is -2.02. The summed E-state index contributed by atoms with van der Waals surface area (Å²) in [5, 5.41) is 3.78. The van der Waals surface area contributed by atoms with E-state index in [-0.39, 0.29) is 17.7 Å². The summed E-state index contributed by atoms with van der Waals surface area (Å²) in [6, 6.07) is 5.36. The largest absolute Gasteiger partial charge is 0.350 e. The average Bonchev–Trinajstić information content (AvgIpc) is 2.89. The molecule has 1 aromatic heterocycles. The number of amides is 1. The highest BCUT2D eigenvalue weighted by Crippen LogP contribution is 2.25. The molecule has 0 bridgehead atoms. The SMILES string of the molecule is CCCCS(=O)(=O)Nc1ccc2[nH]c(C(=O)NC(C)CC)c(C)c2c1. The molecule has 0 spiro atoms. The van der Waals surface area contributed by atoms with E-state index < -0.39 is 10.0 Å². The van der Waals surface area contributed by atoms with Crippen LogP contribution < -0.4 is 10.0 Å². The van der Waals surface area contributed by atoms with Gasteiger partial charge in [-0.05, 0) is 50.5 Å². The molecule has 0 saturated carbocycles. The minimum atomic E-state index is -3.35. The molecule has 0 saturated heterocycles. The number of sulfonamides is 1. The number of carbonyl (C=O) groups is 1. The Kier molecular flexibility index (Phi) is 6.11. The van der Waals surface area contributed by atoms with Gasteiger partial charge >= 0.3 is 0 Å². The molecule has 1 amide bonds. The summed E-state index contributed by atoms with van der Waals surface area (Å²) in [5.74, 6) is -0.0379. The molecule has 1 aromatic carbocycles. The van der Waals surface area contributed by atoms with Gasteiger partial charge in [-0.15, -0.1) is 0 Å². The second kappa shape index (κ2) is 7.91. The van der Waals surface area contributed by atoms with E-state index in [0.29, 0.717) is 17.8 Å². The number of fused-ring (bicyclic) bond motifs is 1. The lowest BCUT2D eigenvalue weighted by atomic mass is 10.1. The molecule has 2 rings (SSSR count). The Bertz CT molecular complexity index is 856. The fraction of sp³-hybridized carbons (Fsp3) is 0.500. The number of aromatic nitrogens is 1. The van der Waals surface area contributed by atoms with Crippen LogP contribution in [0.5, 0.6) is 0 Å². The lowest BCUT2D eigenvalue weighted by Gasteiger charge is -2.10. The number of nitrogens with one attached hydrogen (secondary N) is 3. The van der Waals surface area contributed by atoms with Crippen LogP contribution in [0.3, 0.4) is 0 Å². The third kappa shape index (κ3) is 4.75. The Morgan fingerprint density at radius 1 is 1.28 bits per heavy atom. The number of unbranched alkanes of at least 4 members (excludes halogenated alkanes) is 1. The third-order valence-corrected chi connectivity index (χ3v) is 5.69. The number of rotatable bonds is 8. The highest BCUT2D eigenvalue weighted by molar-refractivity contribution is 7.92. The van der Waals surface area contributed by atoms with Crippen molar-refractivity contribution in [1.29, 1.82) is 0 Å². The van der Waals surface area contributed by atoms with Crippen molar-refractivity contribution in [3.05, 3.63) is 29.5 Å². The summed E-state index contributed by atoms with van der Waals surface area (Å²) in [5.41, 5.74) is 2.65. The van der Waals surface area contributed by atoms with E-state index in [1.54, 1.807) is 18.2 Å². The number of hydrogen-bond acceptors (Lipinski definition) is 3. The summed E-state index contributed by atoms with van der Waals surface area (Å²) >= 11 is 0. The quantitative estimate of drug-likeness (QED) is 0.668. The Morgan fingerprint density at radius 2 is 2.00 bits per heavy atom. The predicted octanol–water partition coefficient (Wildman–Crippen LogP) is 3.55. The van der Waals surface area contributed by atoms with E-state index in [2.05, 4.69) is 15.0 Å². The molecule has 0 radical (unpaired) electrons. The van der Waals surface area contributed by atoms with Gasteiger partial charge in [0.15, 0.2) is 0 Å². The van der Waals surface area contributed by atoms with Crippen LogP contribution in [0.2, 0.25) is 0 Å². The lowest BCUT2D eigenvalue weighted by molar-refractivity contribution is 0.0934. The molecule has 1 atom stereocenters. The number of carbonyl (C=O) groups excluding carboxylic acids is 1. The van der Waals surface area contributed by atoms with Crippen LogP contribution in [-0.4, -0.2) is 31.1 Å². The maximum absolute atomic E-state index is 12.4. The highest BCUT2D eigenvalue weighted by Gasteiger charge is 2.17. The van der Waals surface area contributed by atoms with Crippen molar-refractivity contribution in [3.8, 4) is 0 Å². The van der Waals surface area contributed by atoms with Crippen molar-refractivity contribution in [3.63, 3.8) is 0 Å². The van der Waals surface area contributed by atoms with Crippen molar-refractivity contribution in [2.45, 2.75) is 53.0 Å². The fourth-order valence-corrected chi connectivity index (χ4v) is 3.84. The second-order valence-electron chi connectivity index (χ2n) is 6.44. The minimum Gasteiger partial charge on any atom is -0.350 e. The maximum Gasteiger partial charge on any atom is 0.268 e. The molecule has 7 heteroatoms. The van der Waals surface area contributed by atoms with Crippen LogP contribution >= 0.6 is 0 Å². The van der Waals surface area contributed by atoms with Gasteiger partial charge in [0.05, 0.1) is 5.75 Å². The molecule has 0 aliphatic carbocycles. The first-order chi connectivity index (χ1) is 11.8. The molecular formula is C18H27N3O3S. The molecule has 1 unspecified atom stereocenters. The first-order valence-corrected chi connectivity index (χ1v) is 10.4. The molecular weight excluding hydrogens is 338 g/mol. The smallest absolute Gasteiger partial charge is 0.268 e. The summed E-state index contributed by atoms with van der Waals surface area (Å²) in [6.07, 6.45) is 2.31. The van der Waals surface area contributed by atoms with Gasteiger partial charge in [-0.1, -0.05) is 20.3 Å². The molecule has 0 aliphatic rings. The van der Waals surface area contributed by atoms with E-state index in [4.69, 9.17) is 0 Å². The van der Waals surface area contributed by atoms with Gasteiger partial charge in [-0.3, -0.25) is 9.52 Å². The zero-order valence-corrected chi connectivity index (χ0v) is 16.1. The number of hydrogen-bond donors (Lipinski definition) is 3. The van der Waals surface area contributed by atoms with Crippen LogP contribution in [0.15, 0.2) is 18.2 Å². The maximum atomic E-state index is 12.4. The Balaban J connectivity index is 2.28. The van der Waals surface area contributed by atoms with Crippen LogP contribution in [0.1, 0.15) is 56.1 Å². The van der Waals surface area contributed by atoms with Gasteiger partial charge in [-0.2, -0.15) is 0 Å². The zero-order valence-electron chi connectivity index (χ0n) is 15.3. The van der Waals surface area contributed by atoms with Crippen LogP contribution in [0, 0.1) is 6.92 Å². The molecule has 0 aliphatic heterocycles. The number of aryl methyl sites for hydroxylation is 1. The van der Waals surface area contributed by atoms with E-state index in [1.807, 2.05) is 27.7 Å².